The van der Waals surface area contributed by atoms with Crippen molar-refractivity contribution >= 4 is 16.1 Å². The first-order valence-corrected chi connectivity index (χ1v) is 5.75. The highest BCUT2D eigenvalue weighted by atomic mass is 32.2. The van der Waals surface area contributed by atoms with Crippen LogP contribution in [0.3, 0.4) is 0 Å². The summed E-state index contributed by atoms with van der Waals surface area (Å²) in [6, 6.07) is -0.678. The highest BCUT2D eigenvalue weighted by Crippen LogP contribution is 2.21. The average molecular weight is 221 g/mol. The smallest absolute Gasteiger partial charge is 0.282 e. The standard InChI is InChI=1S/C7H15N3O3S/c1-9(2)14(12,13)10-5-3-4-6(10)7(8)11/h6H,3-5H2,1-2H3,(H2,8,11). The molecule has 0 aromatic carbocycles. The van der Waals surface area contributed by atoms with Crippen molar-refractivity contribution in [1.29, 1.82) is 0 Å². The largest absolute Gasteiger partial charge is 0.368 e. The van der Waals surface area contributed by atoms with Crippen LogP contribution in [-0.2, 0) is 15.0 Å². The molecule has 0 spiro atoms. The molecule has 1 fully saturated rings. The monoisotopic (exact) mass is 221 g/mol. The van der Waals surface area contributed by atoms with Gasteiger partial charge in [-0.3, -0.25) is 4.79 Å². The van der Waals surface area contributed by atoms with Crippen molar-refractivity contribution in [3.05, 3.63) is 0 Å². The van der Waals surface area contributed by atoms with Crippen LogP contribution in [0.1, 0.15) is 12.8 Å². The second kappa shape index (κ2) is 3.84. The number of primary amides is 1. The minimum atomic E-state index is -3.50. The topological polar surface area (TPSA) is 83.7 Å². The Hall–Kier alpha value is -0.660. The molecule has 1 atom stereocenters. The van der Waals surface area contributed by atoms with Gasteiger partial charge in [-0.15, -0.1) is 0 Å². The van der Waals surface area contributed by atoms with Gasteiger partial charge in [0.05, 0.1) is 0 Å². The van der Waals surface area contributed by atoms with Gasteiger partial charge in [0, 0.05) is 20.6 Å². The van der Waals surface area contributed by atoms with Crippen molar-refractivity contribution in [2.75, 3.05) is 20.6 Å². The van der Waals surface area contributed by atoms with Gasteiger partial charge in [0.2, 0.25) is 5.91 Å². The van der Waals surface area contributed by atoms with Crippen LogP contribution >= 0.6 is 0 Å². The molecule has 6 nitrogen and oxygen atoms in total. The summed E-state index contributed by atoms with van der Waals surface area (Å²) in [6.07, 6.45) is 1.20. The maximum atomic E-state index is 11.7. The number of nitrogens with zero attached hydrogens (tertiary/aromatic N) is 2. The van der Waals surface area contributed by atoms with Crippen LogP contribution in [0.25, 0.3) is 0 Å². The van der Waals surface area contributed by atoms with E-state index in [1.165, 1.54) is 14.1 Å². The lowest BCUT2D eigenvalue weighted by Gasteiger charge is -2.24. The van der Waals surface area contributed by atoms with E-state index in [0.717, 1.165) is 8.61 Å². The molecule has 7 heteroatoms. The molecular formula is C7H15N3O3S. The highest BCUT2D eigenvalue weighted by molar-refractivity contribution is 7.86. The number of carbonyl (C=O) groups excluding carboxylic acids is 1. The maximum absolute atomic E-state index is 11.7. The molecule has 14 heavy (non-hydrogen) atoms. The van der Waals surface area contributed by atoms with E-state index in [1.807, 2.05) is 0 Å². The third-order valence-corrected chi connectivity index (χ3v) is 4.24. The third-order valence-electron chi connectivity index (χ3n) is 2.29. The molecule has 82 valence electrons. The molecule has 0 aliphatic carbocycles. The molecule has 1 saturated heterocycles. The predicted octanol–water partition coefficient (Wildman–Crippen LogP) is -1.26. The van der Waals surface area contributed by atoms with Gasteiger partial charge >= 0.3 is 0 Å². The second-order valence-corrected chi connectivity index (χ2v) is 5.56. The Balaban J connectivity index is 2.93. The predicted molar refractivity (Wildman–Crippen MR) is 51.5 cm³/mol. The van der Waals surface area contributed by atoms with Crippen LogP contribution < -0.4 is 5.73 Å². The lowest BCUT2D eigenvalue weighted by Crippen LogP contribution is -2.47. The summed E-state index contributed by atoms with van der Waals surface area (Å²) in [7, 11) is -0.633. The van der Waals surface area contributed by atoms with Gasteiger partial charge in [-0.1, -0.05) is 0 Å². The van der Waals surface area contributed by atoms with E-state index in [-0.39, 0.29) is 0 Å². The van der Waals surface area contributed by atoms with Crippen LogP contribution in [0.2, 0.25) is 0 Å². The Kier molecular flexibility index (Phi) is 3.13. The zero-order chi connectivity index (χ0) is 10.9. The Labute approximate surface area is 83.8 Å². The fraction of sp³-hybridized carbons (Fsp3) is 0.857. The van der Waals surface area contributed by atoms with Gasteiger partial charge in [-0.25, -0.2) is 0 Å². The van der Waals surface area contributed by atoms with E-state index in [0.29, 0.717) is 19.4 Å². The SMILES string of the molecule is CN(C)S(=O)(=O)N1CCCC1C(N)=O. The van der Waals surface area contributed by atoms with E-state index < -0.39 is 22.2 Å². The van der Waals surface area contributed by atoms with Crippen LogP contribution in [0.5, 0.6) is 0 Å². The quantitative estimate of drug-likeness (QED) is 0.646. The van der Waals surface area contributed by atoms with Crippen LogP contribution in [0.4, 0.5) is 0 Å². The number of hydrogen-bond acceptors (Lipinski definition) is 3. The lowest BCUT2D eigenvalue weighted by molar-refractivity contribution is -0.121. The van der Waals surface area contributed by atoms with Crippen molar-refractivity contribution in [3.8, 4) is 0 Å². The lowest BCUT2D eigenvalue weighted by atomic mass is 10.2. The van der Waals surface area contributed by atoms with E-state index in [2.05, 4.69) is 0 Å². The van der Waals surface area contributed by atoms with Gasteiger partial charge in [0.1, 0.15) is 6.04 Å². The zero-order valence-electron chi connectivity index (χ0n) is 8.30. The van der Waals surface area contributed by atoms with Crippen molar-refractivity contribution in [1.82, 2.24) is 8.61 Å². The Morgan fingerprint density at radius 2 is 2.07 bits per heavy atom. The van der Waals surface area contributed by atoms with Crippen molar-refractivity contribution in [2.45, 2.75) is 18.9 Å². The van der Waals surface area contributed by atoms with Gasteiger partial charge in [0.15, 0.2) is 0 Å². The molecule has 1 unspecified atom stereocenters. The molecule has 0 aromatic rings. The first-order chi connectivity index (χ1) is 6.37. The van der Waals surface area contributed by atoms with Crippen molar-refractivity contribution in [2.24, 2.45) is 5.73 Å². The van der Waals surface area contributed by atoms with Gasteiger partial charge < -0.3 is 5.73 Å². The Morgan fingerprint density at radius 1 is 1.50 bits per heavy atom. The fourth-order valence-corrected chi connectivity index (χ4v) is 2.82. The number of rotatable bonds is 3. The van der Waals surface area contributed by atoms with Crippen LogP contribution in [0, 0.1) is 0 Å². The molecule has 0 bridgehead atoms. The van der Waals surface area contributed by atoms with Crippen molar-refractivity contribution in [3.63, 3.8) is 0 Å². The number of nitrogens with two attached hydrogens (primary N) is 1. The first kappa shape index (κ1) is 11.4. The first-order valence-electron chi connectivity index (χ1n) is 4.36. The summed E-state index contributed by atoms with van der Waals surface area (Å²) in [4.78, 5) is 11.0. The Bertz CT molecular complexity index is 325. The molecule has 1 amide bonds. The summed E-state index contributed by atoms with van der Waals surface area (Å²) >= 11 is 0. The normalized spacial score (nSPS) is 24.4. The van der Waals surface area contributed by atoms with Crippen molar-refractivity contribution < 1.29 is 13.2 Å². The molecule has 2 N–H and O–H groups in total. The molecule has 0 aromatic heterocycles. The molecule has 1 heterocycles. The van der Waals surface area contributed by atoms with E-state index >= 15 is 0 Å². The number of hydrogen-bond donors (Lipinski definition) is 1. The minimum Gasteiger partial charge on any atom is -0.368 e. The van der Waals surface area contributed by atoms with Gasteiger partial charge in [-0.2, -0.15) is 17.0 Å². The van der Waals surface area contributed by atoms with E-state index in [4.69, 9.17) is 5.73 Å². The highest BCUT2D eigenvalue weighted by Gasteiger charge is 2.38. The molecule has 0 saturated carbocycles. The molecule has 0 radical (unpaired) electrons. The van der Waals surface area contributed by atoms with Gasteiger partial charge in [0.25, 0.3) is 10.2 Å². The molecular weight excluding hydrogens is 206 g/mol. The molecule has 1 rings (SSSR count). The summed E-state index contributed by atoms with van der Waals surface area (Å²) in [5.41, 5.74) is 5.12. The maximum Gasteiger partial charge on any atom is 0.282 e. The average Bonchev–Trinajstić information content (AvgIpc) is 2.51. The summed E-state index contributed by atoms with van der Waals surface area (Å²) < 4.78 is 25.6. The third kappa shape index (κ3) is 1.89. The summed E-state index contributed by atoms with van der Waals surface area (Å²) in [5.74, 6) is -0.576. The summed E-state index contributed by atoms with van der Waals surface area (Å²) in [6.45, 7) is 0.369. The summed E-state index contributed by atoms with van der Waals surface area (Å²) in [5, 5.41) is 0. The Morgan fingerprint density at radius 3 is 2.50 bits per heavy atom. The van der Waals surface area contributed by atoms with Gasteiger partial charge in [-0.05, 0) is 12.8 Å². The zero-order valence-corrected chi connectivity index (χ0v) is 9.12. The fourth-order valence-electron chi connectivity index (χ4n) is 1.51. The van der Waals surface area contributed by atoms with Crippen LogP contribution in [0.15, 0.2) is 0 Å². The van der Waals surface area contributed by atoms with E-state index in [1.54, 1.807) is 0 Å². The molecule has 1 aliphatic heterocycles. The minimum absolute atomic E-state index is 0.369. The molecule has 1 aliphatic rings. The number of amides is 1. The van der Waals surface area contributed by atoms with Crippen LogP contribution in [-0.4, -0.2) is 49.6 Å². The second-order valence-electron chi connectivity index (χ2n) is 3.46. The number of carbonyl (C=O) groups is 1. The van der Waals surface area contributed by atoms with E-state index in [9.17, 15) is 13.2 Å².